The number of carboxylic acid groups (broad SMARTS) is 1. The molecule has 0 atom stereocenters. The fourth-order valence-corrected chi connectivity index (χ4v) is 5.05. The number of rotatable bonds is 10. The average Bonchev–Trinajstić information content (AvgIpc) is 3.19. The van der Waals surface area contributed by atoms with Crippen molar-refractivity contribution < 1.29 is 14.6 Å². The van der Waals surface area contributed by atoms with Crippen LogP contribution in [0.3, 0.4) is 0 Å². The Hall–Kier alpha value is -4.09. The van der Waals surface area contributed by atoms with Crippen molar-refractivity contribution in [1.82, 2.24) is 9.55 Å². The molecule has 0 saturated carbocycles. The maximum atomic E-state index is 12.1. The van der Waals surface area contributed by atoms with Crippen LogP contribution in [-0.4, -0.2) is 20.6 Å². The third-order valence-electron chi connectivity index (χ3n) is 7.10. The molecule has 0 aliphatic rings. The summed E-state index contributed by atoms with van der Waals surface area (Å²) in [5.74, 6) is -0.107. The molecule has 0 bridgehead atoms. The van der Waals surface area contributed by atoms with Crippen molar-refractivity contribution >= 4 is 39.4 Å². The summed E-state index contributed by atoms with van der Waals surface area (Å²) in [6.45, 7) is 8.40. The Morgan fingerprint density at radius 2 is 1.85 bits per heavy atom. The van der Waals surface area contributed by atoms with E-state index in [2.05, 4.69) is 23.3 Å². The van der Waals surface area contributed by atoms with Crippen LogP contribution in [0.15, 0.2) is 91.5 Å². The summed E-state index contributed by atoms with van der Waals surface area (Å²) in [5, 5.41) is 12.8. The van der Waals surface area contributed by atoms with E-state index in [4.69, 9.17) is 21.3 Å². The van der Waals surface area contributed by atoms with Crippen LogP contribution in [0.1, 0.15) is 36.4 Å². The highest BCUT2D eigenvalue weighted by Crippen LogP contribution is 2.35. The maximum Gasteiger partial charge on any atom is 0.309 e. The van der Waals surface area contributed by atoms with Crippen LogP contribution in [0.4, 0.5) is 0 Å². The van der Waals surface area contributed by atoms with E-state index in [1.54, 1.807) is 13.8 Å². The predicted molar refractivity (Wildman–Crippen MR) is 158 cm³/mol. The highest BCUT2D eigenvalue weighted by Gasteiger charge is 2.31. The monoisotopic (exact) mass is 538 g/mol. The van der Waals surface area contributed by atoms with Gasteiger partial charge in [0.1, 0.15) is 12.4 Å². The number of pyridine rings is 1. The molecule has 1 N–H and O–H groups in total. The van der Waals surface area contributed by atoms with Gasteiger partial charge in [-0.2, -0.15) is 0 Å². The highest BCUT2D eigenvalue weighted by molar-refractivity contribution is 6.30. The Morgan fingerprint density at radius 3 is 2.59 bits per heavy atom. The number of ether oxygens (including phenoxy) is 1. The number of halogens is 1. The molecule has 0 spiro atoms. The second-order valence-electron chi connectivity index (χ2n) is 10.5. The van der Waals surface area contributed by atoms with Crippen molar-refractivity contribution in [3.05, 3.63) is 119 Å². The molecular weight excluding hydrogens is 508 g/mol. The molecule has 5 nitrogen and oxygen atoms in total. The number of allylic oxidation sites excluding steroid dienone is 1. The molecule has 0 saturated heterocycles. The molecule has 0 unspecified atom stereocenters. The number of aliphatic carboxylic acids is 1. The first-order valence-electron chi connectivity index (χ1n) is 13.0. The lowest BCUT2D eigenvalue weighted by atomic mass is 9.86. The molecule has 3 aromatic carbocycles. The summed E-state index contributed by atoms with van der Waals surface area (Å²) in [6, 6.07) is 25.9. The molecule has 0 aliphatic carbocycles. The number of benzene rings is 3. The molecule has 39 heavy (non-hydrogen) atoms. The molecule has 2 aromatic heterocycles. The van der Waals surface area contributed by atoms with Crippen molar-refractivity contribution in [2.45, 2.75) is 39.8 Å². The van der Waals surface area contributed by atoms with E-state index >= 15 is 0 Å². The Bertz CT molecular complexity index is 1670. The number of fused-ring (bicyclic) bond motifs is 2. The van der Waals surface area contributed by atoms with E-state index in [1.165, 1.54) is 0 Å². The number of nitrogens with zero attached hydrogens (tertiary/aromatic N) is 2. The number of carbonyl (C=O) groups is 1. The number of hydrogen-bond acceptors (Lipinski definition) is 3. The fraction of sp³-hybridized carbons (Fsp3) is 0.212. The van der Waals surface area contributed by atoms with E-state index in [9.17, 15) is 9.90 Å². The van der Waals surface area contributed by atoms with Gasteiger partial charge in [0, 0.05) is 40.5 Å². The van der Waals surface area contributed by atoms with Crippen LogP contribution < -0.4 is 4.74 Å². The molecule has 0 amide bonds. The zero-order chi connectivity index (χ0) is 27.6. The molecule has 6 heteroatoms. The normalized spacial score (nSPS) is 11.7. The molecule has 198 valence electrons. The van der Waals surface area contributed by atoms with Gasteiger partial charge < -0.3 is 14.4 Å². The van der Waals surface area contributed by atoms with E-state index in [1.807, 2.05) is 72.8 Å². The van der Waals surface area contributed by atoms with Gasteiger partial charge in [-0.25, -0.2) is 4.98 Å². The number of hydrogen-bond donors (Lipinski definition) is 1. The van der Waals surface area contributed by atoms with Crippen molar-refractivity contribution in [1.29, 1.82) is 0 Å². The maximum absolute atomic E-state index is 12.1. The third-order valence-corrected chi connectivity index (χ3v) is 7.35. The van der Waals surface area contributed by atoms with Gasteiger partial charge in [0.2, 0.25) is 0 Å². The van der Waals surface area contributed by atoms with Crippen LogP contribution in [0.25, 0.3) is 21.8 Å². The molecule has 0 fully saturated rings. The Labute approximate surface area is 233 Å². The average molecular weight is 539 g/mol. The molecule has 5 rings (SSSR count). The Morgan fingerprint density at radius 1 is 1.08 bits per heavy atom. The minimum Gasteiger partial charge on any atom is -0.487 e. The summed E-state index contributed by atoms with van der Waals surface area (Å²) in [5.41, 5.74) is 5.03. The number of aromatic nitrogens is 2. The summed E-state index contributed by atoms with van der Waals surface area (Å²) >= 11 is 6.13. The van der Waals surface area contributed by atoms with Crippen molar-refractivity contribution in [3.8, 4) is 5.75 Å². The quantitative estimate of drug-likeness (QED) is 0.184. The molecule has 0 aliphatic heterocycles. The lowest BCUT2D eigenvalue weighted by Gasteiger charge is -2.22. The van der Waals surface area contributed by atoms with E-state index in [0.29, 0.717) is 31.0 Å². The second kappa shape index (κ2) is 11.0. The minimum absolute atomic E-state index is 0.342. The van der Waals surface area contributed by atoms with Gasteiger partial charge in [0.15, 0.2) is 0 Å². The fourth-order valence-electron chi connectivity index (χ4n) is 4.93. The standard InChI is InChI=1S/C33H31ClN2O3/c1-4-17-36-30-19-26(39-21-25-14-11-23-7-5-6-8-29(23)35-25)15-16-27(30)28(18-22-9-12-24(34)13-10-22)31(36)20-33(2,3)32(37)38/h4-16,19H,1,17-18,20-21H2,2-3H3,(H,37,38). The van der Waals surface area contributed by atoms with Crippen molar-refractivity contribution in [2.24, 2.45) is 5.41 Å². The first-order chi connectivity index (χ1) is 18.7. The second-order valence-corrected chi connectivity index (χ2v) is 10.9. The highest BCUT2D eigenvalue weighted by atomic mass is 35.5. The zero-order valence-electron chi connectivity index (χ0n) is 22.2. The van der Waals surface area contributed by atoms with Gasteiger partial charge in [-0.3, -0.25) is 4.79 Å². The minimum atomic E-state index is -0.941. The van der Waals surface area contributed by atoms with Gasteiger partial charge >= 0.3 is 5.97 Å². The Kier molecular flexibility index (Phi) is 7.45. The topological polar surface area (TPSA) is 64.4 Å². The predicted octanol–water partition coefficient (Wildman–Crippen LogP) is 7.85. The zero-order valence-corrected chi connectivity index (χ0v) is 22.9. The number of para-hydroxylation sites is 1. The first kappa shape index (κ1) is 26.5. The molecule has 0 radical (unpaired) electrons. The van der Waals surface area contributed by atoms with Gasteiger partial charge in [0.25, 0.3) is 0 Å². The van der Waals surface area contributed by atoms with E-state index < -0.39 is 11.4 Å². The van der Waals surface area contributed by atoms with Crippen molar-refractivity contribution in [2.75, 3.05) is 0 Å². The number of carboxylic acids is 1. The van der Waals surface area contributed by atoms with Crippen LogP contribution >= 0.6 is 11.6 Å². The summed E-state index contributed by atoms with van der Waals surface area (Å²) in [7, 11) is 0. The molecule has 5 aromatic rings. The van der Waals surface area contributed by atoms with Crippen LogP contribution in [-0.2, 0) is 30.8 Å². The smallest absolute Gasteiger partial charge is 0.309 e. The van der Waals surface area contributed by atoms with Gasteiger partial charge in [-0.1, -0.05) is 54.1 Å². The lowest BCUT2D eigenvalue weighted by Crippen LogP contribution is -2.28. The molecular formula is C33H31ClN2O3. The van der Waals surface area contributed by atoms with E-state index in [0.717, 1.165) is 50.1 Å². The first-order valence-corrected chi connectivity index (χ1v) is 13.3. The molecule has 2 heterocycles. The van der Waals surface area contributed by atoms with Crippen LogP contribution in [0.2, 0.25) is 5.02 Å². The summed E-state index contributed by atoms with van der Waals surface area (Å²) in [6.07, 6.45) is 2.88. The van der Waals surface area contributed by atoms with Gasteiger partial charge in [-0.15, -0.1) is 6.58 Å². The van der Waals surface area contributed by atoms with Crippen LogP contribution in [0, 0.1) is 5.41 Å². The summed E-state index contributed by atoms with van der Waals surface area (Å²) < 4.78 is 8.36. The van der Waals surface area contributed by atoms with Crippen LogP contribution in [0.5, 0.6) is 5.75 Å². The van der Waals surface area contributed by atoms with E-state index in [-0.39, 0.29) is 0 Å². The summed E-state index contributed by atoms with van der Waals surface area (Å²) in [4.78, 5) is 16.8. The Balaban J connectivity index is 1.54. The lowest BCUT2D eigenvalue weighted by molar-refractivity contribution is -0.146. The van der Waals surface area contributed by atoms with Crippen molar-refractivity contribution in [3.63, 3.8) is 0 Å². The van der Waals surface area contributed by atoms with Gasteiger partial charge in [0.05, 0.1) is 22.1 Å². The SMILES string of the molecule is C=CCn1c(CC(C)(C)C(=O)O)c(Cc2ccc(Cl)cc2)c2ccc(OCc3ccc4ccccc4n3)cc21. The largest absolute Gasteiger partial charge is 0.487 e. The van der Waals surface area contributed by atoms with Gasteiger partial charge in [-0.05, 0) is 67.8 Å². The third kappa shape index (κ3) is 5.69.